The average Bonchev–Trinajstić information content (AvgIpc) is 3.22. The summed E-state index contributed by atoms with van der Waals surface area (Å²) >= 11 is 0. The van der Waals surface area contributed by atoms with Gasteiger partial charge in [0.25, 0.3) is 5.91 Å². The fourth-order valence-corrected chi connectivity index (χ4v) is 3.17. The van der Waals surface area contributed by atoms with Crippen LogP contribution in [0.4, 0.5) is 0 Å². The van der Waals surface area contributed by atoms with E-state index in [9.17, 15) is 4.79 Å². The topological polar surface area (TPSA) is 72.1 Å². The SMILES string of the molecule is Cc1nc(C2CCCN2C(=O)c2cncc3ccccc23)no1. The maximum Gasteiger partial charge on any atom is 0.256 e. The van der Waals surface area contributed by atoms with Crippen LogP contribution in [0.5, 0.6) is 0 Å². The highest BCUT2D eigenvalue weighted by Crippen LogP contribution is 2.32. The average molecular weight is 308 g/mol. The van der Waals surface area contributed by atoms with Gasteiger partial charge in [-0.15, -0.1) is 0 Å². The van der Waals surface area contributed by atoms with Crippen molar-refractivity contribution in [2.24, 2.45) is 0 Å². The number of pyridine rings is 1. The summed E-state index contributed by atoms with van der Waals surface area (Å²) in [4.78, 5) is 23.4. The van der Waals surface area contributed by atoms with Crippen molar-refractivity contribution in [3.05, 3.63) is 53.9 Å². The quantitative estimate of drug-likeness (QED) is 0.728. The Morgan fingerprint density at radius 3 is 3.00 bits per heavy atom. The Labute approximate surface area is 133 Å². The number of likely N-dealkylation sites (tertiary alicyclic amines) is 1. The molecular formula is C17H16N4O2. The van der Waals surface area contributed by atoms with Crippen LogP contribution in [0.1, 0.15) is 41.0 Å². The molecule has 23 heavy (non-hydrogen) atoms. The van der Waals surface area contributed by atoms with Crippen molar-refractivity contribution in [2.75, 3.05) is 6.54 Å². The van der Waals surface area contributed by atoms with Crippen LogP contribution in [-0.4, -0.2) is 32.5 Å². The number of nitrogens with zero attached hydrogens (tertiary/aromatic N) is 4. The number of rotatable bonds is 2. The number of amides is 1. The van der Waals surface area contributed by atoms with Gasteiger partial charge < -0.3 is 9.42 Å². The summed E-state index contributed by atoms with van der Waals surface area (Å²) in [6, 6.07) is 7.66. The van der Waals surface area contributed by atoms with Gasteiger partial charge in [0.2, 0.25) is 5.89 Å². The summed E-state index contributed by atoms with van der Waals surface area (Å²) < 4.78 is 5.07. The van der Waals surface area contributed by atoms with Crippen molar-refractivity contribution in [2.45, 2.75) is 25.8 Å². The zero-order valence-electron chi connectivity index (χ0n) is 12.8. The Hall–Kier alpha value is -2.76. The molecule has 1 fully saturated rings. The van der Waals surface area contributed by atoms with Gasteiger partial charge >= 0.3 is 0 Å². The first-order valence-corrected chi connectivity index (χ1v) is 7.68. The molecule has 0 bridgehead atoms. The van der Waals surface area contributed by atoms with Crippen LogP contribution in [0.2, 0.25) is 0 Å². The monoisotopic (exact) mass is 308 g/mol. The molecule has 1 aliphatic heterocycles. The van der Waals surface area contributed by atoms with Gasteiger partial charge in [-0.05, 0) is 18.2 Å². The van der Waals surface area contributed by atoms with E-state index in [-0.39, 0.29) is 11.9 Å². The summed E-state index contributed by atoms with van der Waals surface area (Å²) in [6.45, 7) is 2.45. The van der Waals surface area contributed by atoms with Gasteiger partial charge in [0.15, 0.2) is 5.82 Å². The number of carbonyl (C=O) groups excluding carboxylic acids is 1. The molecule has 116 valence electrons. The van der Waals surface area contributed by atoms with Gasteiger partial charge in [0.05, 0.1) is 11.6 Å². The number of aryl methyl sites for hydroxylation is 1. The third-order valence-corrected chi connectivity index (χ3v) is 4.25. The first kappa shape index (κ1) is 13.9. The molecule has 1 amide bonds. The number of hydrogen-bond acceptors (Lipinski definition) is 5. The Morgan fingerprint density at radius 2 is 2.17 bits per heavy atom. The van der Waals surface area contributed by atoms with E-state index >= 15 is 0 Å². The van der Waals surface area contributed by atoms with Crippen LogP contribution >= 0.6 is 0 Å². The fourth-order valence-electron chi connectivity index (χ4n) is 3.17. The fraction of sp³-hybridized carbons (Fsp3) is 0.294. The Morgan fingerprint density at radius 1 is 1.30 bits per heavy atom. The molecule has 4 rings (SSSR count). The van der Waals surface area contributed by atoms with Crippen molar-refractivity contribution in [3.8, 4) is 0 Å². The summed E-state index contributed by atoms with van der Waals surface area (Å²) in [5.41, 5.74) is 0.621. The highest BCUT2D eigenvalue weighted by Gasteiger charge is 2.34. The van der Waals surface area contributed by atoms with E-state index in [1.54, 1.807) is 19.3 Å². The lowest BCUT2D eigenvalue weighted by molar-refractivity contribution is 0.0730. The van der Waals surface area contributed by atoms with Gasteiger partial charge in [0.1, 0.15) is 0 Å². The van der Waals surface area contributed by atoms with E-state index in [0.29, 0.717) is 23.8 Å². The van der Waals surface area contributed by atoms with Gasteiger partial charge in [-0.3, -0.25) is 9.78 Å². The molecule has 6 heteroatoms. The lowest BCUT2D eigenvalue weighted by Crippen LogP contribution is -2.31. The third kappa shape index (κ3) is 2.36. The van der Waals surface area contributed by atoms with Gasteiger partial charge in [-0.1, -0.05) is 29.4 Å². The Bertz CT molecular complexity index is 868. The summed E-state index contributed by atoms with van der Waals surface area (Å²) in [5.74, 6) is 1.08. The second kappa shape index (κ2) is 5.46. The highest BCUT2D eigenvalue weighted by molar-refractivity contribution is 6.06. The van der Waals surface area contributed by atoms with E-state index in [2.05, 4.69) is 15.1 Å². The number of fused-ring (bicyclic) bond motifs is 1. The van der Waals surface area contributed by atoms with Crippen LogP contribution in [0.15, 0.2) is 41.2 Å². The third-order valence-electron chi connectivity index (χ3n) is 4.25. The molecule has 0 N–H and O–H groups in total. The van der Waals surface area contributed by atoms with E-state index in [4.69, 9.17) is 4.52 Å². The predicted molar refractivity (Wildman–Crippen MR) is 83.8 cm³/mol. The molecule has 1 aliphatic rings. The molecule has 1 saturated heterocycles. The van der Waals surface area contributed by atoms with Crippen molar-refractivity contribution >= 4 is 16.7 Å². The van der Waals surface area contributed by atoms with Crippen molar-refractivity contribution in [3.63, 3.8) is 0 Å². The van der Waals surface area contributed by atoms with E-state index in [1.807, 2.05) is 29.2 Å². The standard InChI is InChI=1S/C17H16N4O2/c1-11-19-16(20-23-11)15-7-4-8-21(15)17(22)14-10-18-9-12-5-2-3-6-13(12)14/h2-3,5-6,9-10,15H,4,7-8H2,1H3. The number of aromatic nitrogens is 3. The van der Waals surface area contributed by atoms with E-state index in [0.717, 1.165) is 23.6 Å². The second-order valence-electron chi connectivity index (χ2n) is 5.74. The first-order valence-electron chi connectivity index (χ1n) is 7.68. The van der Waals surface area contributed by atoms with Crippen LogP contribution in [0, 0.1) is 6.92 Å². The van der Waals surface area contributed by atoms with Crippen molar-refractivity contribution in [1.29, 1.82) is 0 Å². The zero-order chi connectivity index (χ0) is 15.8. The molecule has 0 aliphatic carbocycles. The smallest absolute Gasteiger partial charge is 0.256 e. The predicted octanol–water partition coefficient (Wildman–Crippen LogP) is 2.90. The molecule has 0 radical (unpaired) electrons. The number of hydrogen-bond donors (Lipinski definition) is 0. The van der Waals surface area contributed by atoms with E-state index < -0.39 is 0 Å². The number of benzene rings is 1. The molecule has 2 aromatic heterocycles. The minimum Gasteiger partial charge on any atom is -0.340 e. The number of carbonyl (C=O) groups is 1. The maximum atomic E-state index is 13.1. The first-order chi connectivity index (χ1) is 11.2. The van der Waals surface area contributed by atoms with Crippen molar-refractivity contribution in [1.82, 2.24) is 20.0 Å². The Kier molecular flexibility index (Phi) is 3.29. The van der Waals surface area contributed by atoms with Gasteiger partial charge in [-0.2, -0.15) is 4.98 Å². The van der Waals surface area contributed by atoms with Crippen LogP contribution < -0.4 is 0 Å². The largest absolute Gasteiger partial charge is 0.340 e. The van der Waals surface area contributed by atoms with Crippen LogP contribution in [-0.2, 0) is 0 Å². The van der Waals surface area contributed by atoms with Gasteiger partial charge in [0, 0.05) is 31.2 Å². The van der Waals surface area contributed by atoms with Gasteiger partial charge in [-0.25, -0.2) is 0 Å². The molecule has 0 spiro atoms. The molecule has 6 nitrogen and oxygen atoms in total. The van der Waals surface area contributed by atoms with Crippen LogP contribution in [0.3, 0.4) is 0 Å². The molecule has 1 atom stereocenters. The molecular weight excluding hydrogens is 292 g/mol. The summed E-state index contributed by atoms with van der Waals surface area (Å²) in [5, 5.41) is 5.87. The normalized spacial score (nSPS) is 17.8. The van der Waals surface area contributed by atoms with Crippen LogP contribution in [0.25, 0.3) is 10.8 Å². The summed E-state index contributed by atoms with van der Waals surface area (Å²) in [7, 11) is 0. The second-order valence-corrected chi connectivity index (χ2v) is 5.74. The van der Waals surface area contributed by atoms with E-state index in [1.165, 1.54) is 0 Å². The highest BCUT2D eigenvalue weighted by atomic mass is 16.5. The Balaban J connectivity index is 1.72. The molecule has 0 saturated carbocycles. The molecule has 1 unspecified atom stereocenters. The molecule has 3 heterocycles. The summed E-state index contributed by atoms with van der Waals surface area (Å²) in [6.07, 6.45) is 5.20. The lowest BCUT2D eigenvalue weighted by atomic mass is 10.1. The zero-order valence-corrected chi connectivity index (χ0v) is 12.8. The molecule has 3 aromatic rings. The van der Waals surface area contributed by atoms with Crippen molar-refractivity contribution < 1.29 is 9.32 Å². The molecule has 1 aromatic carbocycles. The minimum absolute atomic E-state index is 0.0285. The minimum atomic E-state index is -0.126. The lowest BCUT2D eigenvalue weighted by Gasteiger charge is -2.22. The maximum absolute atomic E-state index is 13.1.